The zero-order chi connectivity index (χ0) is 12.4. The highest BCUT2D eigenvalue weighted by Gasteiger charge is 2.26. The van der Waals surface area contributed by atoms with Crippen molar-refractivity contribution in [2.24, 2.45) is 4.99 Å². The summed E-state index contributed by atoms with van der Waals surface area (Å²) in [4.78, 5) is 4.12. The van der Waals surface area contributed by atoms with Gasteiger partial charge in [0, 0.05) is 34.3 Å². The van der Waals surface area contributed by atoms with Crippen LogP contribution in [0.3, 0.4) is 0 Å². The molecule has 0 aliphatic rings. The summed E-state index contributed by atoms with van der Waals surface area (Å²) in [7, 11) is 5.78. The van der Waals surface area contributed by atoms with Crippen LogP contribution in [0.4, 0.5) is 0 Å². The quantitative estimate of drug-likeness (QED) is 0.255. The van der Waals surface area contributed by atoms with Crippen LogP contribution in [0.15, 0.2) is 4.99 Å². The van der Waals surface area contributed by atoms with Gasteiger partial charge in [-0.25, -0.2) is 0 Å². The van der Waals surface area contributed by atoms with E-state index < -0.39 is 5.41 Å². The SMILES string of the molecule is CC=NCCNC(CC([SiH3])(OC)OC)OC. The van der Waals surface area contributed by atoms with Crippen molar-refractivity contribution in [3.63, 3.8) is 0 Å². The minimum absolute atomic E-state index is 0.0653. The number of nitrogens with one attached hydrogen (secondary N) is 1. The van der Waals surface area contributed by atoms with Crippen molar-refractivity contribution in [3.05, 3.63) is 0 Å². The first-order valence-electron chi connectivity index (χ1n) is 5.42. The number of methoxy groups -OCH3 is 3. The molecule has 16 heavy (non-hydrogen) atoms. The molecule has 0 saturated heterocycles. The highest BCUT2D eigenvalue weighted by atomic mass is 28.1. The molecule has 1 atom stereocenters. The Morgan fingerprint density at radius 2 is 2.00 bits per heavy atom. The normalized spacial score (nSPS) is 14.8. The van der Waals surface area contributed by atoms with Crippen LogP contribution in [0.1, 0.15) is 13.3 Å². The lowest BCUT2D eigenvalue weighted by molar-refractivity contribution is -0.165. The van der Waals surface area contributed by atoms with Crippen LogP contribution >= 0.6 is 0 Å². The topological polar surface area (TPSA) is 52.1 Å². The maximum absolute atomic E-state index is 5.34. The highest BCUT2D eigenvalue weighted by molar-refractivity contribution is 6.13. The summed E-state index contributed by atoms with van der Waals surface area (Å²) >= 11 is 0. The fraction of sp³-hybridized carbons (Fsp3) is 0.900. The number of rotatable bonds is 9. The molecule has 0 spiro atoms. The Kier molecular flexibility index (Phi) is 8.68. The second-order valence-corrected chi connectivity index (χ2v) is 5.11. The molecule has 1 unspecified atom stereocenters. The molecule has 5 nitrogen and oxygen atoms in total. The average molecular weight is 248 g/mol. The molecule has 0 heterocycles. The fourth-order valence-electron chi connectivity index (χ4n) is 1.24. The smallest absolute Gasteiger partial charge is 0.144 e. The third-order valence-corrected chi connectivity index (χ3v) is 3.72. The van der Waals surface area contributed by atoms with E-state index in [9.17, 15) is 0 Å². The Morgan fingerprint density at radius 1 is 1.38 bits per heavy atom. The van der Waals surface area contributed by atoms with Crippen LogP contribution in [0, 0.1) is 0 Å². The monoisotopic (exact) mass is 248 g/mol. The lowest BCUT2D eigenvalue weighted by Gasteiger charge is -2.30. The molecule has 0 aliphatic heterocycles. The second kappa shape index (κ2) is 8.83. The minimum atomic E-state index is -0.484. The van der Waals surface area contributed by atoms with E-state index in [-0.39, 0.29) is 6.23 Å². The molecule has 1 N–H and O–H groups in total. The minimum Gasteiger partial charge on any atom is -0.366 e. The summed E-state index contributed by atoms with van der Waals surface area (Å²) in [5, 5.41) is 3.25. The van der Waals surface area contributed by atoms with Gasteiger partial charge in [-0.05, 0) is 13.1 Å². The van der Waals surface area contributed by atoms with Crippen molar-refractivity contribution >= 4 is 16.5 Å². The first-order valence-corrected chi connectivity index (χ1v) is 6.42. The molecule has 0 amide bonds. The van der Waals surface area contributed by atoms with E-state index in [1.165, 1.54) is 0 Å². The largest absolute Gasteiger partial charge is 0.366 e. The predicted octanol–water partition coefficient (Wildman–Crippen LogP) is -0.659. The van der Waals surface area contributed by atoms with Gasteiger partial charge in [-0.2, -0.15) is 0 Å². The zero-order valence-corrected chi connectivity index (χ0v) is 12.9. The molecule has 0 rings (SSSR count). The molecule has 0 aromatic heterocycles. The van der Waals surface area contributed by atoms with Gasteiger partial charge in [0.2, 0.25) is 0 Å². The number of aliphatic imine (C=N–C) groups is 1. The molecule has 0 bridgehead atoms. The number of ether oxygens (including phenoxy) is 3. The molecule has 0 saturated carbocycles. The van der Waals surface area contributed by atoms with Crippen LogP contribution in [-0.4, -0.2) is 62.5 Å². The lowest BCUT2D eigenvalue weighted by atomic mass is 10.3. The van der Waals surface area contributed by atoms with Crippen LogP contribution < -0.4 is 5.32 Å². The first kappa shape index (κ1) is 15.7. The molecule has 0 radical (unpaired) electrons. The maximum Gasteiger partial charge on any atom is 0.144 e. The van der Waals surface area contributed by atoms with Gasteiger partial charge in [-0.3, -0.25) is 10.3 Å². The van der Waals surface area contributed by atoms with Crippen molar-refractivity contribution in [1.82, 2.24) is 5.32 Å². The van der Waals surface area contributed by atoms with Gasteiger partial charge in [0.25, 0.3) is 0 Å². The van der Waals surface area contributed by atoms with Crippen molar-refractivity contribution < 1.29 is 14.2 Å². The van der Waals surface area contributed by atoms with Gasteiger partial charge in [0.05, 0.1) is 16.8 Å². The van der Waals surface area contributed by atoms with Gasteiger partial charge in [-0.15, -0.1) is 0 Å². The van der Waals surface area contributed by atoms with Gasteiger partial charge < -0.3 is 14.2 Å². The van der Waals surface area contributed by atoms with Crippen molar-refractivity contribution in [3.8, 4) is 0 Å². The van der Waals surface area contributed by atoms with Gasteiger partial charge >= 0.3 is 0 Å². The fourth-order valence-corrected chi connectivity index (χ4v) is 1.62. The Labute approximate surface area is 101 Å². The third-order valence-electron chi connectivity index (χ3n) is 2.50. The Morgan fingerprint density at radius 3 is 2.44 bits per heavy atom. The molecule has 96 valence electrons. The van der Waals surface area contributed by atoms with Crippen LogP contribution in [0.5, 0.6) is 0 Å². The molecule has 6 heteroatoms. The van der Waals surface area contributed by atoms with E-state index in [0.717, 1.165) is 23.3 Å². The second-order valence-electron chi connectivity index (χ2n) is 3.59. The van der Waals surface area contributed by atoms with E-state index in [0.29, 0.717) is 6.42 Å². The van der Waals surface area contributed by atoms with Crippen molar-refractivity contribution in [1.29, 1.82) is 0 Å². The van der Waals surface area contributed by atoms with Gasteiger partial charge in [0.15, 0.2) is 0 Å². The van der Waals surface area contributed by atoms with E-state index in [1.54, 1.807) is 27.5 Å². The average Bonchev–Trinajstić information content (AvgIpc) is 2.32. The van der Waals surface area contributed by atoms with E-state index in [1.807, 2.05) is 6.92 Å². The Balaban J connectivity index is 3.98. The lowest BCUT2D eigenvalue weighted by Crippen LogP contribution is -2.44. The molecule has 0 aromatic carbocycles. The van der Waals surface area contributed by atoms with E-state index in [2.05, 4.69) is 10.3 Å². The maximum atomic E-state index is 5.34. The standard InChI is InChI=1S/C10H24N2O3Si/c1-5-11-6-7-12-9(13-2)8-10(16,14-3)15-4/h5,9,12H,6-8H2,1-4,16H3. The van der Waals surface area contributed by atoms with Crippen LogP contribution in [-0.2, 0) is 14.2 Å². The summed E-state index contributed by atoms with van der Waals surface area (Å²) in [5.41, 5.74) is -0.484. The number of nitrogens with zero attached hydrogens (tertiary/aromatic N) is 1. The summed E-state index contributed by atoms with van der Waals surface area (Å²) in [6.45, 7) is 3.45. The van der Waals surface area contributed by atoms with E-state index in [4.69, 9.17) is 14.2 Å². The third kappa shape index (κ3) is 6.34. The van der Waals surface area contributed by atoms with E-state index >= 15 is 0 Å². The van der Waals surface area contributed by atoms with Crippen LogP contribution in [0.25, 0.3) is 0 Å². The summed E-state index contributed by atoms with van der Waals surface area (Å²) < 4.78 is 16.0. The van der Waals surface area contributed by atoms with Gasteiger partial charge in [0.1, 0.15) is 11.6 Å². The first-order chi connectivity index (χ1) is 7.61. The predicted molar refractivity (Wildman–Crippen MR) is 69.1 cm³/mol. The van der Waals surface area contributed by atoms with Crippen molar-refractivity contribution in [2.45, 2.75) is 25.0 Å². The molecule has 0 fully saturated rings. The van der Waals surface area contributed by atoms with Crippen molar-refractivity contribution in [2.75, 3.05) is 34.4 Å². The molecule has 0 aromatic rings. The molecular weight excluding hydrogens is 224 g/mol. The summed E-state index contributed by atoms with van der Waals surface area (Å²) in [6.07, 6.45) is 2.41. The Bertz CT molecular complexity index is 199. The molecular formula is C10H24N2O3Si. The summed E-state index contributed by atoms with van der Waals surface area (Å²) in [6, 6.07) is 0. The highest BCUT2D eigenvalue weighted by Crippen LogP contribution is 2.14. The number of hydrogen-bond acceptors (Lipinski definition) is 5. The summed E-state index contributed by atoms with van der Waals surface area (Å²) in [5.74, 6) is 0. The van der Waals surface area contributed by atoms with Gasteiger partial charge in [-0.1, -0.05) is 0 Å². The zero-order valence-electron chi connectivity index (χ0n) is 10.9. The van der Waals surface area contributed by atoms with Crippen LogP contribution in [0.2, 0.25) is 0 Å². The number of hydrogen-bond donors (Lipinski definition) is 1. The molecule has 0 aliphatic carbocycles. The Hall–Kier alpha value is -0.273.